The van der Waals surface area contributed by atoms with Gasteiger partial charge in [-0.2, -0.15) is 9.38 Å². The number of nitrogens with one attached hydrogen (secondary N) is 1. The number of piperidine rings is 1. The molecule has 0 spiro atoms. The quantitative estimate of drug-likeness (QED) is 0.504. The van der Waals surface area contributed by atoms with Gasteiger partial charge in [-0.25, -0.2) is 0 Å². The summed E-state index contributed by atoms with van der Waals surface area (Å²) in [5.74, 6) is 0.364. The van der Waals surface area contributed by atoms with E-state index in [-0.39, 0.29) is 10.7 Å². The van der Waals surface area contributed by atoms with Crippen LogP contribution in [-0.2, 0) is 0 Å². The fraction of sp³-hybridized carbons (Fsp3) is 0.533. The van der Waals surface area contributed by atoms with Gasteiger partial charge in [-0.1, -0.05) is 12.5 Å². The van der Waals surface area contributed by atoms with Crippen LogP contribution in [0.4, 0.5) is 11.6 Å². The van der Waals surface area contributed by atoms with E-state index in [9.17, 15) is 10.1 Å². The zero-order valence-corrected chi connectivity index (χ0v) is 12.6. The third-order valence-electron chi connectivity index (χ3n) is 4.07. The molecule has 0 amide bonds. The van der Waals surface area contributed by atoms with Crippen molar-refractivity contribution in [3.8, 4) is 0 Å². The van der Waals surface area contributed by atoms with E-state index in [1.165, 1.54) is 36.8 Å². The van der Waals surface area contributed by atoms with Gasteiger partial charge in [0.05, 0.1) is 6.20 Å². The van der Waals surface area contributed by atoms with E-state index in [2.05, 4.69) is 15.2 Å². The van der Waals surface area contributed by atoms with Crippen molar-refractivity contribution in [2.45, 2.75) is 25.7 Å². The van der Waals surface area contributed by atoms with Crippen LogP contribution in [0.1, 0.15) is 25.7 Å². The highest BCUT2D eigenvalue weighted by molar-refractivity contribution is 5.62. The number of pyridine rings is 1. The molecule has 2 aromatic heterocycles. The van der Waals surface area contributed by atoms with Crippen LogP contribution in [0.3, 0.4) is 0 Å². The molecule has 7 heteroatoms. The largest absolute Gasteiger partial charge is 0.372 e. The molecule has 1 N–H and O–H groups in total. The van der Waals surface area contributed by atoms with Gasteiger partial charge in [0.15, 0.2) is 0 Å². The number of fused-ring (bicyclic) bond motifs is 1. The Bertz CT molecular complexity index is 648. The first-order chi connectivity index (χ1) is 10.8. The predicted octanol–water partition coefficient (Wildman–Crippen LogP) is 2.53. The summed E-state index contributed by atoms with van der Waals surface area (Å²) >= 11 is 0. The summed E-state index contributed by atoms with van der Waals surface area (Å²) in [5, 5.41) is 14.4. The maximum absolute atomic E-state index is 11.3. The van der Waals surface area contributed by atoms with Crippen LogP contribution in [-0.4, -0.2) is 45.4 Å². The summed E-state index contributed by atoms with van der Waals surface area (Å²) in [6.45, 7) is 4.08. The van der Waals surface area contributed by atoms with Gasteiger partial charge in [0.1, 0.15) is 0 Å². The number of nitrogens with zero attached hydrogens (tertiary/aromatic N) is 4. The highest BCUT2D eigenvalue weighted by Gasteiger charge is 2.21. The fourth-order valence-electron chi connectivity index (χ4n) is 2.97. The van der Waals surface area contributed by atoms with Gasteiger partial charge in [-0.05, 0) is 49.9 Å². The Morgan fingerprint density at radius 1 is 1.27 bits per heavy atom. The molecule has 0 aliphatic carbocycles. The van der Waals surface area contributed by atoms with Gasteiger partial charge in [-0.3, -0.25) is 0 Å². The van der Waals surface area contributed by atoms with Crippen LogP contribution in [0.5, 0.6) is 0 Å². The Morgan fingerprint density at radius 2 is 2.09 bits per heavy atom. The summed E-state index contributed by atoms with van der Waals surface area (Å²) in [7, 11) is 0. The number of rotatable bonds is 6. The maximum Gasteiger partial charge on any atom is 0.372 e. The molecule has 1 aliphatic rings. The lowest BCUT2D eigenvalue weighted by Gasteiger charge is -2.26. The second-order valence-electron chi connectivity index (χ2n) is 5.65. The van der Waals surface area contributed by atoms with Crippen LogP contribution in [0.15, 0.2) is 24.4 Å². The number of hydrogen-bond donors (Lipinski definition) is 1. The topological polar surface area (TPSA) is 75.7 Å². The molecule has 1 aliphatic heterocycles. The van der Waals surface area contributed by atoms with Crippen molar-refractivity contribution in [1.29, 1.82) is 0 Å². The zero-order chi connectivity index (χ0) is 15.4. The van der Waals surface area contributed by atoms with Crippen molar-refractivity contribution in [2.75, 3.05) is 31.5 Å². The van der Waals surface area contributed by atoms with E-state index >= 15 is 0 Å². The lowest BCUT2D eigenvalue weighted by molar-refractivity contribution is -0.389. The average molecular weight is 303 g/mol. The molecular formula is C15H21N5O2. The maximum atomic E-state index is 11.3. The molecule has 2 aromatic rings. The van der Waals surface area contributed by atoms with Crippen LogP contribution in [0.2, 0.25) is 0 Å². The summed E-state index contributed by atoms with van der Waals surface area (Å²) in [4.78, 5) is 17.7. The molecule has 0 saturated carbocycles. The van der Waals surface area contributed by atoms with Gasteiger partial charge >= 0.3 is 5.82 Å². The van der Waals surface area contributed by atoms with Gasteiger partial charge in [0.25, 0.3) is 0 Å². The number of hydrogen-bond acceptors (Lipinski definition) is 5. The molecule has 0 bridgehead atoms. The molecular weight excluding hydrogens is 282 g/mol. The summed E-state index contributed by atoms with van der Waals surface area (Å²) in [5.41, 5.74) is 0.590. The first-order valence-electron chi connectivity index (χ1n) is 7.83. The highest BCUT2D eigenvalue weighted by atomic mass is 16.6. The summed E-state index contributed by atoms with van der Waals surface area (Å²) in [6, 6.07) is 5.36. The molecule has 7 nitrogen and oxygen atoms in total. The normalized spacial score (nSPS) is 16.0. The van der Waals surface area contributed by atoms with Crippen LogP contribution < -0.4 is 5.32 Å². The lowest BCUT2D eigenvalue weighted by atomic mass is 10.1. The van der Waals surface area contributed by atoms with E-state index in [0.29, 0.717) is 18.0 Å². The first kappa shape index (κ1) is 14.8. The molecule has 0 atom stereocenters. The molecule has 1 fully saturated rings. The minimum absolute atomic E-state index is 0.00794. The Balaban J connectivity index is 1.61. The van der Waals surface area contributed by atoms with E-state index in [4.69, 9.17) is 0 Å². The van der Waals surface area contributed by atoms with Gasteiger partial charge < -0.3 is 20.3 Å². The number of aromatic nitrogens is 2. The van der Waals surface area contributed by atoms with Gasteiger partial charge in [0.2, 0.25) is 11.5 Å². The third-order valence-corrected chi connectivity index (χ3v) is 4.07. The van der Waals surface area contributed by atoms with Crippen molar-refractivity contribution in [2.24, 2.45) is 0 Å². The molecule has 3 heterocycles. The van der Waals surface area contributed by atoms with E-state index < -0.39 is 0 Å². The minimum atomic E-state index is -0.382. The lowest BCUT2D eigenvalue weighted by Crippen LogP contribution is -2.31. The van der Waals surface area contributed by atoms with Crippen LogP contribution >= 0.6 is 0 Å². The van der Waals surface area contributed by atoms with Crippen LogP contribution in [0.25, 0.3) is 5.65 Å². The smallest absolute Gasteiger partial charge is 0.363 e. The standard InChI is InChI=1S/C15H21N5O2/c21-20(22)15-14(17-13-7-2-5-12-19(13)15)16-8-6-11-18-9-3-1-4-10-18/h2,5,7,12,16H,1,3-4,6,8-11H2. The average Bonchev–Trinajstić information content (AvgIpc) is 2.91. The second kappa shape index (κ2) is 6.74. The number of imidazole rings is 1. The van der Waals surface area contributed by atoms with Crippen molar-refractivity contribution in [1.82, 2.24) is 14.3 Å². The van der Waals surface area contributed by atoms with Gasteiger partial charge in [0, 0.05) is 12.6 Å². The van der Waals surface area contributed by atoms with Crippen LogP contribution in [0, 0.1) is 10.1 Å². The highest BCUT2D eigenvalue weighted by Crippen LogP contribution is 2.25. The molecule has 118 valence electrons. The fourth-order valence-corrected chi connectivity index (χ4v) is 2.97. The molecule has 0 unspecified atom stereocenters. The monoisotopic (exact) mass is 303 g/mol. The molecule has 0 aromatic carbocycles. The number of likely N-dealkylation sites (tertiary alicyclic amines) is 1. The number of nitro groups is 1. The van der Waals surface area contributed by atoms with E-state index in [0.717, 1.165) is 13.0 Å². The predicted molar refractivity (Wildman–Crippen MR) is 85.2 cm³/mol. The van der Waals surface area contributed by atoms with Crippen molar-refractivity contribution >= 4 is 17.3 Å². The zero-order valence-electron chi connectivity index (χ0n) is 12.6. The molecule has 22 heavy (non-hydrogen) atoms. The van der Waals surface area contributed by atoms with E-state index in [1.807, 2.05) is 6.07 Å². The first-order valence-corrected chi connectivity index (χ1v) is 7.83. The molecule has 0 radical (unpaired) electrons. The van der Waals surface area contributed by atoms with Crippen molar-refractivity contribution in [3.05, 3.63) is 34.5 Å². The third kappa shape index (κ3) is 3.19. The number of anilines is 1. The Morgan fingerprint density at radius 3 is 2.86 bits per heavy atom. The molecule has 1 saturated heterocycles. The van der Waals surface area contributed by atoms with E-state index in [1.54, 1.807) is 18.3 Å². The molecule has 3 rings (SSSR count). The Kier molecular flexibility index (Phi) is 4.53. The minimum Gasteiger partial charge on any atom is -0.363 e. The van der Waals surface area contributed by atoms with Gasteiger partial charge in [-0.15, -0.1) is 0 Å². The second-order valence-corrected chi connectivity index (χ2v) is 5.65. The summed E-state index contributed by atoms with van der Waals surface area (Å²) in [6.07, 6.45) is 6.53. The van der Waals surface area contributed by atoms with Crippen molar-refractivity contribution < 1.29 is 4.92 Å². The summed E-state index contributed by atoms with van der Waals surface area (Å²) < 4.78 is 1.51. The SMILES string of the molecule is O=[N+]([O-])c1c(NCCCN2CCCCC2)nc2ccccn12. The Labute approximate surface area is 129 Å². The Hall–Kier alpha value is -2.15. The van der Waals surface area contributed by atoms with Crippen molar-refractivity contribution in [3.63, 3.8) is 0 Å².